The lowest BCUT2D eigenvalue weighted by molar-refractivity contribution is 0.595. The molecule has 0 amide bonds. The van der Waals surface area contributed by atoms with E-state index in [-0.39, 0.29) is 5.75 Å². The second kappa shape index (κ2) is 5.75. The van der Waals surface area contributed by atoms with E-state index in [1.165, 1.54) is 0 Å². The van der Waals surface area contributed by atoms with Gasteiger partial charge in [-0.3, -0.25) is 0 Å². The Morgan fingerprint density at radius 3 is 2.11 bits per heavy atom. The molecule has 0 fully saturated rings. The van der Waals surface area contributed by atoms with Crippen LogP contribution >= 0.6 is 15.9 Å². The second-order valence-corrected chi connectivity index (χ2v) is 7.29. The molecule has 0 radical (unpaired) electrons. The number of halogens is 1. The minimum absolute atomic E-state index is 0.0958. The molecule has 0 atom stereocenters. The quantitative estimate of drug-likeness (QED) is 0.871. The summed E-state index contributed by atoms with van der Waals surface area (Å²) >= 11 is 3.29. The van der Waals surface area contributed by atoms with E-state index >= 15 is 0 Å². The van der Waals surface area contributed by atoms with Gasteiger partial charge >= 0.3 is 0 Å². The first kappa shape index (κ1) is 14.1. The molecular formula is C14H14BrNO2S. The number of hydrogen-bond donors (Lipinski definition) is 1. The lowest BCUT2D eigenvalue weighted by Crippen LogP contribution is -2.09. The number of hydrogen-bond acceptors (Lipinski definition) is 3. The fraction of sp³-hybridized carbons (Fsp3) is 0.143. The molecule has 0 aliphatic rings. The van der Waals surface area contributed by atoms with Gasteiger partial charge in [-0.1, -0.05) is 28.1 Å². The maximum absolute atomic E-state index is 12.1. The van der Waals surface area contributed by atoms with Crippen LogP contribution in [-0.2, 0) is 16.3 Å². The standard InChI is InChI=1S/C14H14BrNO2S/c15-12-3-7-14(8-4-12)19(17,18)10-9-11-1-5-13(16)6-2-11/h1-8H,9-10,16H2. The van der Waals surface area contributed by atoms with Gasteiger partial charge in [-0.05, 0) is 48.4 Å². The molecule has 5 heteroatoms. The van der Waals surface area contributed by atoms with Gasteiger partial charge in [0.2, 0.25) is 0 Å². The van der Waals surface area contributed by atoms with Crippen LogP contribution in [0.1, 0.15) is 5.56 Å². The number of aryl methyl sites for hydroxylation is 1. The summed E-state index contributed by atoms with van der Waals surface area (Å²) in [4.78, 5) is 0.353. The summed E-state index contributed by atoms with van der Waals surface area (Å²) in [5.41, 5.74) is 7.24. The van der Waals surface area contributed by atoms with Crippen molar-refractivity contribution in [1.82, 2.24) is 0 Å². The summed E-state index contributed by atoms with van der Waals surface area (Å²) in [5, 5.41) is 0. The van der Waals surface area contributed by atoms with E-state index < -0.39 is 9.84 Å². The summed E-state index contributed by atoms with van der Waals surface area (Å²) < 4.78 is 25.2. The van der Waals surface area contributed by atoms with Crippen LogP contribution in [0, 0.1) is 0 Å². The smallest absolute Gasteiger partial charge is 0.178 e. The highest BCUT2D eigenvalue weighted by atomic mass is 79.9. The van der Waals surface area contributed by atoms with Crippen LogP contribution in [0.25, 0.3) is 0 Å². The molecule has 0 saturated heterocycles. The van der Waals surface area contributed by atoms with E-state index in [4.69, 9.17) is 5.73 Å². The highest BCUT2D eigenvalue weighted by Gasteiger charge is 2.14. The summed E-state index contributed by atoms with van der Waals surface area (Å²) in [6.45, 7) is 0. The zero-order valence-corrected chi connectivity index (χ0v) is 12.6. The zero-order valence-electron chi connectivity index (χ0n) is 10.2. The summed E-state index contributed by atoms with van der Waals surface area (Å²) in [5.74, 6) is 0.0958. The molecule has 0 unspecified atom stereocenters. The molecular weight excluding hydrogens is 326 g/mol. The van der Waals surface area contributed by atoms with Crippen molar-refractivity contribution < 1.29 is 8.42 Å². The van der Waals surface area contributed by atoms with Gasteiger partial charge < -0.3 is 5.73 Å². The first-order chi connectivity index (χ1) is 8.97. The van der Waals surface area contributed by atoms with Crippen molar-refractivity contribution in [2.75, 3.05) is 11.5 Å². The molecule has 3 nitrogen and oxygen atoms in total. The number of rotatable bonds is 4. The molecule has 0 aromatic heterocycles. The largest absolute Gasteiger partial charge is 0.399 e. The third-order valence-corrected chi connectivity index (χ3v) is 5.07. The lowest BCUT2D eigenvalue weighted by atomic mass is 10.2. The van der Waals surface area contributed by atoms with E-state index in [0.29, 0.717) is 17.0 Å². The number of nitrogens with two attached hydrogens (primary N) is 1. The van der Waals surface area contributed by atoms with Gasteiger partial charge in [-0.25, -0.2) is 8.42 Å². The minimum Gasteiger partial charge on any atom is -0.399 e. The van der Waals surface area contributed by atoms with E-state index in [2.05, 4.69) is 15.9 Å². The van der Waals surface area contributed by atoms with Crippen molar-refractivity contribution in [1.29, 1.82) is 0 Å². The van der Waals surface area contributed by atoms with Crippen LogP contribution in [0.5, 0.6) is 0 Å². The predicted molar refractivity (Wildman–Crippen MR) is 80.8 cm³/mol. The summed E-state index contributed by atoms with van der Waals surface area (Å²) in [6.07, 6.45) is 0.485. The van der Waals surface area contributed by atoms with Crippen molar-refractivity contribution in [3.63, 3.8) is 0 Å². The summed E-state index contributed by atoms with van der Waals surface area (Å²) in [6, 6.07) is 14.0. The van der Waals surface area contributed by atoms with Gasteiger partial charge in [0.05, 0.1) is 10.6 Å². The van der Waals surface area contributed by atoms with Crippen molar-refractivity contribution >= 4 is 31.5 Å². The highest BCUT2D eigenvalue weighted by molar-refractivity contribution is 9.10. The van der Waals surface area contributed by atoms with E-state index in [1.54, 1.807) is 36.4 Å². The Bertz CT molecular complexity index is 649. The van der Waals surface area contributed by atoms with Crippen molar-refractivity contribution in [2.45, 2.75) is 11.3 Å². The maximum Gasteiger partial charge on any atom is 0.178 e. The maximum atomic E-state index is 12.1. The Kier molecular flexibility index (Phi) is 4.27. The Balaban J connectivity index is 2.09. The molecule has 0 saturated carbocycles. The molecule has 0 heterocycles. The molecule has 0 spiro atoms. The van der Waals surface area contributed by atoms with Crippen molar-refractivity contribution in [3.05, 3.63) is 58.6 Å². The van der Waals surface area contributed by atoms with Crippen LogP contribution in [0.4, 0.5) is 5.69 Å². The fourth-order valence-electron chi connectivity index (χ4n) is 1.70. The van der Waals surface area contributed by atoms with Crippen LogP contribution in [-0.4, -0.2) is 14.2 Å². The van der Waals surface area contributed by atoms with E-state index in [0.717, 1.165) is 10.0 Å². The van der Waals surface area contributed by atoms with Gasteiger partial charge in [0.15, 0.2) is 9.84 Å². The minimum atomic E-state index is -3.24. The number of nitrogen functional groups attached to an aromatic ring is 1. The topological polar surface area (TPSA) is 60.2 Å². The molecule has 0 aliphatic carbocycles. The molecule has 2 rings (SSSR count). The van der Waals surface area contributed by atoms with Gasteiger partial charge in [-0.15, -0.1) is 0 Å². The van der Waals surface area contributed by atoms with Crippen LogP contribution in [0.3, 0.4) is 0 Å². The highest BCUT2D eigenvalue weighted by Crippen LogP contribution is 2.17. The predicted octanol–water partition coefficient (Wildman–Crippen LogP) is 3.05. The van der Waals surface area contributed by atoms with Gasteiger partial charge in [-0.2, -0.15) is 0 Å². The van der Waals surface area contributed by atoms with Crippen LogP contribution < -0.4 is 5.73 Å². The van der Waals surface area contributed by atoms with Gasteiger partial charge in [0.25, 0.3) is 0 Å². The lowest BCUT2D eigenvalue weighted by Gasteiger charge is -2.05. The third-order valence-electron chi connectivity index (χ3n) is 2.81. The molecule has 100 valence electrons. The molecule has 0 bridgehead atoms. The number of benzene rings is 2. The molecule has 19 heavy (non-hydrogen) atoms. The molecule has 2 aromatic carbocycles. The SMILES string of the molecule is Nc1ccc(CCS(=O)(=O)c2ccc(Br)cc2)cc1. The Morgan fingerprint density at radius 2 is 1.53 bits per heavy atom. The number of sulfone groups is 1. The Hall–Kier alpha value is -1.33. The first-order valence-corrected chi connectivity index (χ1v) is 8.25. The molecule has 2 aromatic rings. The third kappa shape index (κ3) is 3.81. The fourth-order valence-corrected chi connectivity index (χ4v) is 3.25. The van der Waals surface area contributed by atoms with Crippen LogP contribution in [0.2, 0.25) is 0 Å². The first-order valence-electron chi connectivity index (χ1n) is 5.80. The van der Waals surface area contributed by atoms with Gasteiger partial charge in [0, 0.05) is 10.2 Å². The van der Waals surface area contributed by atoms with E-state index in [1.807, 2.05) is 12.1 Å². The van der Waals surface area contributed by atoms with Crippen LogP contribution in [0.15, 0.2) is 57.9 Å². The van der Waals surface area contributed by atoms with Crippen molar-refractivity contribution in [3.8, 4) is 0 Å². The van der Waals surface area contributed by atoms with Crippen molar-refractivity contribution in [2.24, 2.45) is 0 Å². The monoisotopic (exact) mass is 339 g/mol. The normalized spacial score (nSPS) is 11.4. The molecule has 0 aliphatic heterocycles. The Labute approximate surface area is 121 Å². The number of anilines is 1. The van der Waals surface area contributed by atoms with Gasteiger partial charge in [0.1, 0.15) is 0 Å². The van der Waals surface area contributed by atoms with E-state index in [9.17, 15) is 8.42 Å². The average molecular weight is 340 g/mol. The second-order valence-electron chi connectivity index (χ2n) is 4.26. The summed E-state index contributed by atoms with van der Waals surface area (Å²) in [7, 11) is -3.24. The Morgan fingerprint density at radius 1 is 0.947 bits per heavy atom. The average Bonchev–Trinajstić information content (AvgIpc) is 2.39. The molecule has 2 N–H and O–H groups in total. The zero-order chi connectivity index (χ0) is 13.9.